The number of nitrogens with one attached hydrogen (secondary N) is 1. The van der Waals surface area contributed by atoms with E-state index in [-0.39, 0.29) is 30.1 Å². The average molecular weight is 513 g/mol. The molecule has 1 saturated heterocycles. The zero-order chi connectivity index (χ0) is 19.8. The molecule has 0 saturated carbocycles. The molecular formula is C21H32IN5O2. The number of nitrogens with zero attached hydrogens (tertiary/aromatic N) is 4. The summed E-state index contributed by atoms with van der Waals surface area (Å²) in [5, 5.41) is 3.38. The van der Waals surface area contributed by atoms with E-state index in [9.17, 15) is 4.79 Å². The highest BCUT2D eigenvalue weighted by molar-refractivity contribution is 14.0. The molecule has 0 spiro atoms. The fourth-order valence-electron chi connectivity index (χ4n) is 3.45. The van der Waals surface area contributed by atoms with Crippen LogP contribution in [0.15, 0.2) is 41.4 Å². The number of carbonyl (C=O) groups excluding carboxylic acids is 1. The van der Waals surface area contributed by atoms with Gasteiger partial charge in [0.25, 0.3) is 0 Å². The molecule has 1 amide bonds. The third-order valence-electron chi connectivity index (χ3n) is 4.95. The number of guanidine groups is 1. The number of carbonyl (C=O) groups is 1. The molecule has 2 aliphatic heterocycles. The van der Waals surface area contributed by atoms with Gasteiger partial charge in [0.2, 0.25) is 0 Å². The zero-order valence-corrected chi connectivity index (χ0v) is 19.7. The highest BCUT2D eigenvalue weighted by atomic mass is 127. The van der Waals surface area contributed by atoms with Crippen molar-refractivity contribution in [3.63, 3.8) is 0 Å². The van der Waals surface area contributed by atoms with E-state index in [2.05, 4.69) is 58.5 Å². The van der Waals surface area contributed by atoms with Crippen LogP contribution in [0.4, 0.5) is 10.5 Å². The Labute approximate surface area is 190 Å². The minimum atomic E-state index is -0.225. The highest BCUT2D eigenvalue weighted by Gasteiger charge is 2.23. The molecule has 29 heavy (non-hydrogen) atoms. The van der Waals surface area contributed by atoms with E-state index >= 15 is 0 Å². The minimum Gasteiger partial charge on any atom is -0.450 e. The number of hydrogen-bond acceptors (Lipinski definition) is 4. The van der Waals surface area contributed by atoms with Gasteiger partial charge in [0, 0.05) is 51.5 Å². The Morgan fingerprint density at radius 3 is 2.45 bits per heavy atom. The van der Waals surface area contributed by atoms with Crippen molar-refractivity contribution in [2.45, 2.75) is 20.4 Å². The van der Waals surface area contributed by atoms with Gasteiger partial charge in [0.05, 0.1) is 13.2 Å². The molecule has 8 heteroatoms. The average Bonchev–Trinajstić information content (AvgIpc) is 3.27. The number of aliphatic imine (C=N–C) groups is 1. The maximum atomic E-state index is 11.9. The SMILES string of the molecule is CCNC(=NCc1cccc(N2CC=CC2)c1)N1CCN(C(=O)OCC)CC1.I. The fourth-order valence-corrected chi connectivity index (χ4v) is 3.45. The van der Waals surface area contributed by atoms with Crippen LogP contribution in [0.25, 0.3) is 0 Å². The minimum absolute atomic E-state index is 0. The fraction of sp³-hybridized carbons (Fsp3) is 0.524. The Hall–Kier alpha value is -1.97. The lowest BCUT2D eigenvalue weighted by molar-refractivity contribution is 0.0914. The molecule has 0 bridgehead atoms. The van der Waals surface area contributed by atoms with E-state index in [0.717, 1.165) is 38.7 Å². The molecule has 3 rings (SSSR count). The molecule has 1 fully saturated rings. The molecule has 2 heterocycles. The standard InChI is InChI=1S/C21H31N5O2.HI/c1-3-22-20(25-12-14-26(15-13-25)21(27)28-4-2)23-17-18-8-7-9-19(16-18)24-10-5-6-11-24;/h5-9,16H,3-4,10-15,17H2,1-2H3,(H,22,23);1H. The van der Waals surface area contributed by atoms with E-state index in [0.29, 0.717) is 26.2 Å². The first kappa shape index (κ1) is 23.3. The summed E-state index contributed by atoms with van der Waals surface area (Å²) < 4.78 is 5.10. The van der Waals surface area contributed by atoms with E-state index in [4.69, 9.17) is 9.73 Å². The number of amides is 1. The molecule has 2 aliphatic rings. The first-order valence-electron chi connectivity index (χ1n) is 10.1. The topological polar surface area (TPSA) is 60.4 Å². The number of anilines is 1. The van der Waals surface area contributed by atoms with Gasteiger partial charge in [-0.15, -0.1) is 24.0 Å². The molecular weight excluding hydrogens is 481 g/mol. The number of piperazine rings is 1. The first-order valence-corrected chi connectivity index (χ1v) is 10.1. The van der Waals surface area contributed by atoms with Crippen LogP contribution in [0, 0.1) is 0 Å². The molecule has 0 aromatic heterocycles. The van der Waals surface area contributed by atoms with Gasteiger partial charge < -0.3 is 24.8 Å². The van der Waals surface area contributed by atoms with E-state index in [1.165, 1.54) is 11.3 Å². The molecule has 7 nitrogen and oxygen atoms in total. The van der Waals surface area contributed by atoms with Gasteiger partial charge >= 0.3 is 6.09 Å². The molecule has 0 atom stereocenters. The lowest BCUT2D eigenvalue weighted by Gasteiger charge is -2.35. The Bertz CT molecular complexity index is 709. The summed E-state index contributed by atoms with van der Waals surface area (Å²) >= 11 is 0. The molecule has 1 N–H and O–H groups in total. The van der Waals surface area contributed by atoms with Crippen LogP contribution in [-0.4, -0.2) is 74.3 Å². The van der Waals surface area contributed by atoms with Crippen LogP contribution in [-0.2, 0) is 11.3 Å². The van der Waals surface area contributed by atoms with Gasteiger partial charge in [-0.1, -0.05) is 24.3 Å². The summed E-state index contributed by atoms with van der Waals surface area (Å²) in [6, 6.07) is 8.60. The van der Waals surface area contributed by atoms with Gasteiger partial charge in [-0.3, -0.25) is 0 Å². The van der Waals surface area contributed by atoms with Crippen molar-refractivity contribution in [1.82, 2.24) is 15.1 Å². The second kappa shape index (κ2) is 11.9. The quantitative estimate of drug-likeness (QED) is 0.284. The lowest BCUT2D eigenvalue weighted by atomic mass is 10.2. The van der Waals surface area contributed by atoms with Crippen LogP contribution in [0.3, 0.4) is 0 Å². The summed E-state index contributed by atoms with van der Waals surface area (Å²) in [5.41, 5.74) is 2.44. The van der Waals surface area contributed by atoms with Gasteiger partial charge in [-0.05, 0) is 31.5 Å². The van der Waals surface area contributed by atoms with Crippen LogP contribution in [0.5, 0.6) is 0 Å². The second-order valence-corrected chi connectivity index (χ2v) is 6.89. The predicted molar refractivity (Wildman–Crippen MR) is 128 cm³/mol. The summed E-state index contributed by atoms with van der Waals surface area (Å²) in [7, 11) is 0. The Kier molecular flexibility index (Phi) is 9.56. The molecule has 160 valence electrons. The monoisotopic (exact) mass is 513 g/mol. The van der Waals surface area contributed by atoms with E-state index in [1.807, 2.05) is 6.92 Å². The maximum absolute atomic E-state index is 11.9. The van der Waals surface area contributed by atoms with Crippen LogP contribution < -0.4 is 10.2 Å². The van der Waals surface area contributed by atoms with Crippen LogP contribution in [0.1, 0.15) is 19.4 Å². The molecule has 0 unspecified atom stereocenters. The third kappa shape index (κ3) is 6.52. The van der Waals surface area contributed by atoms with Gasteiger partial charge in [-0.25, -0.2) is 9.79 Å². The van der Waals surface area contributed by atoms with Crippen molar-refractivity contribution in [3.8, 4) is 0 Å². The van der Waals surface area contributed by atoms with Crippen LogP contribution >= 0.6 is 24.0 Å². The van der Waals surface area contributed by atoms with Gasteiger partial charge in [0.15, 0.2) is 5.96 Å². The predicted octanol–water partition coefficient (Wildman–Crippen LogP) is 2.92. The van der Waals surface area contributed by atoms with Crippen molar-refractivity contribution in [3.05, 3.63) is 42.0 Å². The van der Waals surface area contributed by atoms with Crippen molar-refractivity contribution < 1.29 is 9.53 Å². The number of benzene rings is 1. The molecule has 1 aromatic rings. The van der Waals surface area contributed by atoms with E-state index in [1.54, 1.807) is 4.90 Å². The molecule has 0 radical (unpaired) electrons. The third-order valence-corrected chi connectivity index (χ3v) is 4.95. The first-order chi connectivity index (χ1) is 13.7. The summed E-state index contributed by atoms with van der Waals surface area (Å²) in [6.07, 6.45) is 4.17. The Morgan fingerprint density at radius 1 is 1.10 bits per heavy atom. The second-order valence-electron chi connectivity index (χ2n) is 6.89. The number of rotatable bonds is 5. The highest BCUT2D eigenvalue weighted by Crippen LogP contribution is 2.19. The number of hydrogen-bond donors (Lipinski definition) is 1. The molecule has 1 aromatic carbocycles. The Morgan fingerprint density at radius 2 is 1.79 bits per heavy atom. The summed E-state index contributed by atoms with van der Waals surface area (Å²) in [4.78, 5) is 23.0. The normalized spacial score (nSPS) is 16.6. The smallest absolute Gasteiger partial charge is 0.409 e. The van der Waals surface area contributed by atoms with E-state index < -0.39 is 0 Å². The number of halogens is 1. The maximum Gasteiger partial charge on any atom is 0.409 e. The zero-order valence-electron chi connectivity index (χ0n) is 17.3. The summed E-state index contributed by atoms with van der Waals surface area (Å²) in [6.45, 7) is 10.5. The summed E-state index contributed by atoms with van der Waals surface area (Å²) in [5.74, 6) is 0.902. The lowest BCUT2D eigenvalue weighted by Crippen LogP contribution is -2.53. The van der Waals surface area contributed by atoms with Gasteiger partial charge in [-0.2, -0.15) is 0 Å². The van der Waals surface area contributed by atoms with Gasteiger partial charge in [0.1, 0.15) is 0 Å². The Balaban J connectivity index is 0.00000300. The van der Waals surface area contributed by atoms with Crippen molar-refractivity contribution in [1.29, 1.82) is 0 Å². The van der Waals surface area contributed by atoms with Crippen molar-refractivity contribution in [2.75, 3.05) is 57.3 Å². The van der Waals surface area contributed by atoms with Crippen molar-refractivity contribution in [2.24, 2.45) is 4.99 Å². The van der Waals surface area contributed by atoms with Crippen LogP contribution in [0.2, 0.25) is 0 Å². The number of ether oxygens (including phenoxy) is 1. The molecule has 0 aliphatic carbocycles. The largest absolute Gasteiger partial charge is 0.450 e. The van der Waals surface area contributed by atoms with Crippen molar-refractivity contribution >= 4 is 41.7 Å².